The molecule has 3 nitrogen and oxygen atoms in total. The maximum atomic E-state index is 12.6. The van der Waals surface area contributed by atoms with Gasteiger partial charge >= 0.3 is 6.18 Å². The molecule has 21 heavy (non-hydrogen) atoms. The molecular weight excluding hydrogens is 281 g/mol. The lowest BCUT2D eigenvalue weighted by atomic mass is 10.1. The molecule has 0 aliphatic carbocycles. The predicted octanol–water partition coefficient (Wildman–Crippen LogP) is 3.73. The lowest BCUT2D eigenvalue weighted by molar-refractivity contribution is -0.137. The average molecular weight is 302 g/mol. The molecule has 0 radical (unpaired) electrons. The fraction of sp³-hybridized carbons (Fsp3) is 0.533. The van der Waals surface area contributed by atoms with Gasteiger partial charge in [-0.15, -0.1) is 0 Å². The Balaban J connectivity index is 2.65. The van der Waals surface area contributed by atoms with E-state index in [0.717, 1.165) is 25.0 Å². The van der Waals surface area contributed by atoms with E-state index in [1.54, 1.807) is 6.92 Å². The number of rotatable bonds is 6. The second-order valence-electron chi connectivity index (χ2n) is 5.14. The third-order valence-corrected chi connectivity index (χ3v) is 3.13. The zero-order valence-electron chi connectivity index (χ0n) is 12.5. The summed E-state index contributed by atoms with van der Waals surface area (Å²) in [4.78, 5) is 11.7. The molecule has 0 saturated heterocycles. The monoisotopic (exact) mass is 302 g/mol. The van der Waals surface area contributed by atoms with E-state index in [1.807, 2.05) is 13.8 Å². The smallest absolute Gasteiger partial charge is 0.376 e. The lowest BCUT2D eigenvalue weighted by Gasteiger charge is -2.15. The third-order valence-electron chi connectivity index (χ3n) is 3.13. The molecule has 0 aliphatic rings. The van der Waals surface area contributed by atoms with Crippen LogP contribution in [0.15, 0.2) is 18.2 Å². The van der Waals surface area contributed by atoms with E-state index in [1.165, 1.54) is 6.07 Å². The molecule has 118 valence electrons. The molecule has 2 N–H and O–H groups in total. The van der Waals surface area contributed by atoms with Crippen molar-refractivity contribution in [1.82, 2.24) is 5.32 Å². The number of carbonyl (C=O) groups is 1. The zero-order valence-corrected chi connectivity index (χ0v) is 12.5. The highest BCUT2D eigenvalue weighted by Gasteiger charge is 2.30. The fourth-order valence-corrected chi connectivity index (χ4v) is 2.00. The fourth-order valence-electron chi connectivity index (χ4n) is 2.00. The Morgan fingerprint density at radius 2 is 2.00 bits per heavy atom. The first-order valence-corrected chi connectivity index (χ1v) is 6.95. The molecular formula is C15H21F3N2O. The van der Waals surface area contributed by atoms with Crippen LogP contribution in [0.1, 0.15) is 37.8 Å². The third kappa shape index (κ3) is 5.65. The normalized spacial score (nSPS) is 12.9. The summed E-state index contributed by atoms with van der Waals surface area (Å²) in [6.07, 6.45) is -2.56. The van der Waals surface area contributed by atoms with Gasteiger partial charge in [-0.1, -0.05) is 19.4 Å². The predicted molar refractivity (Wildman–Crippen MR) is 77.2 cm³/mol. The molecule has 1 aromatic rings. The van der Waals surface area contributed by atoms with E-state index in [9.17, 15) is 18.0 Å². The number of halogens is 3. The van der Waals surface area contributed by atoms with Crippen molar-refractivity contribution < 1.29 is 18.0 Å². The molecule has 1 rings (SSSR count). The molecule has 0 bridgehead atoms. The van der Waals surface area contributed by atoms with Crippen LogP contribution in [0.4, 0.5) is 18.9 Å². The number of carbonyl (C=O) groups excluding carboxylic acids is 1. The van der Waals surface area contributed by atoms with E-state index in [4.69, 9.17) is 0 Å². The highest BCUT2D eigenvalue weighted by atomic mass is 19.4. The summed E-state index contributed by atoms with van der Waals surface area (Å²) in [5.41, 5.74) is 0.260. The van der Waals surface area contributed by atoms with Crippen molar-refractivity contribution in [2.45, 2.75) is 45.8 Å². The minimum absolute atomic E-state index is 0.0454. The summed E-state index contributed by atoms with van der Waals surface area (Å²) < 4.78 is 37.9. The maximum absolute atomic E-state index is 12.6. The van der Waals surface area contributed by atoms with Crippen LogP contribution in [-0.2, 0) is 11.0 Å². The number of amides is 1. The van der Waals surface area contributed by atoms with Crippen molar-refractivity contribution in [2.75, 3.05) is 11.9 Å². The van der Waals surface area contributed by atoms with Gasteiger partial charge in [0.2, 0.25) is 5.91 Å². The molecule has 1 atom stereocenters. The van der Waals surface area contributed by atoms with E-state index < -0.39 is 11.7 Å². The maximum Gasteiger partial charge on any atom is 0.416 e. The number of anilines is 1. The van der Waals surface area contributed by atoms with Gasteiger partial charge in [-0.25, -0.2) is 0 Å². The van der Waals surface area contributed by atoms with Gasteiger partial charge in [0.15, 0.2) is 0 Å². The van der Waals surface area contributed by atoms with Crippen molar-refractivity contribution in [3.05, 3.63) is 29.3 Å². The highest BCUT2D eigenvalue weighted by Crippen LogP contribution is 2.31. The molecule has 0 saturated carbocycles. The molecule has 1 unspecified atom stereocenters. The second-order valence-corrected chi connectivity index (χ2v) is 5.14. The Kier molecular flexibility index (Phi) is 6.05. The number of benzene rings is 1. The van der Waals surface area contributed by atoms with Crippen molar-refractivity contribution in [3.63, 3.8) is 0 Å². The number of hydrogen-bond donors (Lipinski definition) is 2. The summed E-state index contributed by atoms with van der Waals surface area (Å²) in [5.74, 6) is -0.229. The highest BCUT2D eigenvalue weighted by molar-refractivity contribution is 5.81. The molecule has 0 heterocycles. The standard InChI is InChI=1S/C15H21F3N2O/c1-4-5-11(3)20-14(21)9-19-13-8-12(15(16,17)18)7-6-10(13)2/h6-8,11,19H,4-5,9H2,1-3H3,(H,20,21). The lowest BCUT2D eigenvalue weighted by Crippen LogP contribution is -2.36. The number of hydrogen-bond acceptors (Lipinski definition) is 2. The zero-order chi connectivity index (χ0) is 16.0. The van der Waals surface area contributed by atoms with Crippen molar-refractivity contribution in [2.24, 2.45) is 0 Å². The van der Waals surface area contributed by atoms with Gasteiger partial charge in [0, 0.05) is 11.7 Å². The Bertz CT molecular complexity index is 486. The van der Waals surface area contributed by atoms with Gasteiger partial charge in [0.25, 0.3) is 0 Å². The van der Waals surface area contributed by atoms with Crippen LogP contribution >= 0.6 is 0 Å². The Morgan fingerprint density at radius 1 is 1.33 bits per heavy atom. The largest absolute Gasteiger partial charge is 0.416 e. The van der Waals surface area contributed by atoms with Gasteiger partial charge < -0.3 is 10.6 Å². The molecule has 0 spiro atoms. The van der Waals surface area contributed by atoms with Crippen molar-refractivity contribution >= 4 is 11.6 Å². The molecule has 6 heteroatoms. The van der Waals surface area contributed by atoms with Gasteiger partial charge in [-0.2, -0.15) is 13.2 Å². The van der Waals surface area contributed by atoms with Crippen LogP contribution in [0.25, 0.3) is 0 Å². The van der Waals surface area contributed by atoms with Crippen LogP contribution in [0.3, 0.4) is 0 Å². The van der Waals surface area contributed by atoms with E-state index in [-0.39, 0.29) is 18.5 Å². The van der Waals surface area contributed by atoms with Crippen molar-refractivity contribution in [3.8, 4) is 0 Å². The topological polar surface area (TPSA) is 41.1 Å². The summed E-state index contributed by atoms with van der Waals surface area (Å²) >= 11 is 0. The van der Waals surface area contributed by atoms with E-state index >= 15 is 0 Å². The first-order valence-electron chi connectivity index (χ1n) is 6.95. The molecule has 1 aromatic carbocycles. The quantitative estimate of drug-likeness (QED) is 0.840. The first-order chi connectivity index (χ1) is 9.74. The Hall–Kier alpha value is -1.72. The van der Waals surface area contributed by atoms with Gasteiger partial charge in [0.1, 0.15) is 0 Å². The molecule has 1 amide bonds. The molecule has 0 aliphatic heterocycles. The van der Waals surface area contributed by atoms with E-state index in [0.29, 0.717) is 11.3 Å². The Morgan fingerprint density at radius 3 is 2.57 bits per heavy atom. The SMILES string of the molecule is CCCC(C)NC(=O)CNc1cc(C(F)(F)F)ccc1C. The van der Waals surface area contributed by atoms with Crippen molar-refractivity contribution in [1.29, 1.82) is 0 Å². The first kappa shape index (κ1) is 17.3. The summed E-state index contributed by atoms with van der Waals surface area (Å²) in [5, 5.41) is 5.55. The van der Waals surface area contributed by atoms with Crippen LogP contribution in [0.5, 0.6) is 0 Å². The minimum Gasteiger partial charge on any atom is -0.376 e. The number of alkyl halides is 3. The Labute approximate surface area is 122 Å². The average Bonchev–Trinajstić information content (AvgIpc) is 2.36. The molecule has 0 fully saturated rings. The molecule has 0 aromatic heterocycles. The summed E-state index contributed by atoms with van der Waals surface area (Å²) in [6.45, 7) is 5.57. The van der Waals surface area contributed by atoms with Crippen LogP contribution in [-0.4, -0.2) is 18.5 Å². The van der Waals surface area contributed by atoms with Gasteiger partial charge in [0.05, 0.1) is 12.1 Å². The van der Waals surface area contributed by atoms with E-state index in [2.05, 4.69) is 10.6 Å². The van der Waals surface area contributed by atoms with Crippen LogP contribution in [0, 0.1) is 6.92 Å². The van der Waals surface area contributed by atoms with Gasteiger partial charge in [-0.05, 0) is 38.0 Å². The van der Waals surface area contributed by atoms with Gasteiger partial charge in [-0.3, -0.25) is 4.79 Å². The van der Waals surface area contributed by atoms with Crippen LogP contribution in [0.2, 0.25) is 0 Å². The number of aryl methyl sites for hydroxylation is 1. The van der Waals surface area contributed by atoms with Crippen LogP contribution < -0.4 is 10.6 Å². The second kappa shape index (κ2) is 7.33. The minimum atomic E-state index is -4.39. The summed E-state index contributed by atoms with van der Waals surface area (Å²) in [6, 6.07) is 3.51. The number of nitrogens with one attached hydrogen (secondary N) is 2. The summed E-state index contributed by atoms with van der Waals surface area (Å²) in [7, 11) is 0.